The van der Waals surface area contributed by atoms with Crippen molar-refractivity contribution in [3.05, 3.63) is 69.8 Å². The van der Waals surface area contributed by atoms with Gasteiger partial charge < -0.3 is 13.9 Å². The van der Waals surface area contributed by atoms with Crippen LogP contribution in [0.4, 0.5) is 0 Å². The van der Waals surface area contributed by atoms with Gasteiger partial charge in [-0.25, -0.2) is 19.1 Å². The Balaban J connectivity index is 1.83. The van der Waals surface area contributed by atoms with E-state index in [2.05, 4.69) is 15.0 Å². The maximum absolute atomic E-state index is 12.6. The van der Waals surface area contributed by atoms with E-state index < -0.39 is 17.6 Å². The highest BCUT2D eigenvalue weighted by atomic mass is 16.5. The van der Waals surface area contributed by atoms with Gasteiger partial charge in [0.15, 0.2) is 5.69 Å². The Labute approximate surface area is 163 Å². The lowest BCUT2D eigenvalue weighted by molar-refractivity contribution is 0.0544. The summed E-state index contributed by atoms with van der Waals surface area (Å²) in [4.78, 5) is 36.6. The van der Waals surface area contributed by atoms with Crippen molar-refractivity contribution in [3.8, 4) is 0 Å². The molecular formula is C20H15N3O6. The van der Waals surface area contributed by atoms with Crippen LogP contribution in [0, 0.1) is 0 Å². The molecule has 9 heteroatoms. The molecule has 0 N–H and O–H groups in total. The van der Waals surface area contributed by atoms with Gasteiger partial charge >= 0.3 is 17.6 Å². The summed E-state index contributed by atoms with van der Waals surface area (Å²) in [5, 5.41) is 9.97. The number of hydrogen-bond donors (Lipinski definition) is 0. The van der Waals surface area contributed by atoms with Gasteiger partial charge in [-0.05, 0) is 11.5 Å². The summed E-state index contributed by atoms with van der Waals surface area (Å²) < 4.78 is 16.0. The van der Waals surface area contributed by atoms with Crippen molar-refractivity contribution in [3.63, 3.8) is 0 Å². The van der Waals surface area contributed by atoms with Gasteiger partial charge in [-0.3, -0.25) is 0 Å². The molecule has 0 aliphatic heterocycles. The first-order chi connectivity index (χ1) is 14.0. The van der Waals surface area contributed by atoms with E-state index in [-0.39, 0.29) is 23.5 Å². The highest BCUT2D eigenvalue weighted by Crippen LogP contribution is 2.25. The third-order valence-electron chi connectivity index (χ3n) is 4.51. The van der Waals surface area contributed by atoms with Crippen LogP contribution in [0.2, 0.25) is 0 Å². The van der Waals surface area contributed by atoms with E-state index in [4.69, 9.17) is 9.15 Å². The first-order valence-electron chi connectivity index (χ1n) is 8.58. The van der Waals surface area contributed by atoms with Crippen molar-refractivity contribution in [2.24, 2.45) is 0 Å². The lowest BCUT2D eigenvalue weighted by atomic mass is 10.1. The number of nitrogens with zero attached hydrogens (tertiary/aromatic N) is 3. The monoisotopic (exact) mass is 393 g/mol. The zero-order chi connectivity index (χ0) is 20.5. The van der Waals surface area contributed by atoms with Gasteiger partial charge in [-0.2, -0.15) is 0 Å². The molecule has 0 fully saturated rings. The molecule has 0 spiro atoms. The lowest BCUT2D eigenvalue weighted by Crippen LogP contribution is -2.19. The fourth-order valence-corrected chi connectivity index (χ4v) is 3.12. The average Bonchev–Trinajstić information content (AvgIpc) is 3.16. The minimum atomic E-state index is -0.839. The van der Waals surface area contributed by atoms with Gasteiger partial charge in [-0.15, -0.1) is 5.10 Å². The summed E-state index contributed by atoms with van der Waals surface area (Å²) in [6.07, 6.45) is 0. The number of benzene rings is 2. The van der Waals surface area contributed by atoms with Crippen LogP contribution in [0.5, 0.6) is 0 Å². The molecule has 9 nitrogen and oxygen atoms in total. The van der Waals surface area contributed by atoms with Crippen molar-refractivity contribution >= 4 is 33.7 Å². The van der Waals surface area contributed by atoms with Crippen LogP contribution in [0.25, 0.3) is 21.7 Å². The Morgan fingerprint density at radius 2 is 1.76 bits per heavy atom. The van der Waals surface area contributed by atoms with Crippen LogP contribution in [0.1, 0.15) is 26.5 Å². The second-order valence-electron chi connectivity index (χ2n) is 6.19. The van der Waals surface area contributed by atoms with Gasteiger partial charge in [0.2, 0.25) is 5.69 Å². The van der Waals surface area contributed by atoms with Crippen molar-refractivity contribution < 1.29 is 23.5 Å². The number of carbonyl (C=O) groups is 2. The molecule has 4 rings (SSSR count). The zero-order valence-corrected chi connectivity index (χ0v) is 15.5. The first-order valence-corrected chi connectivity index (χ1v) is 8.58. The average molecular weight is 393 g/mol. The van der Waals surface area contributed by atoms with E-state index in [1.165, 1.54) is 0 Å². The zero-order valence-electron chi connectivity index (χ0n) is 15.5. The van der Waals surface area contributed by atoms with Crippen LogP contribution in [0.3, 0.4) is 0 Å². The summed E-state index contributed by atoms with van der Waals surface area (Å²) in [7, 11) is 2.32. The quantitative estimate of drug-likeness (QED) is 0.294. The SMILES string of the molecule is COC(=O)c1nnn(Cc2cc3ccc4ccccc4c3oc2=O)c1C(=O)OC. The van der Waals surface area contributed by atoms with Crippen molar-refractivity contribution in [2.75, 3.05) is 14.2 Å². The minimum absolute atomic E-state index is 0.139. The molecule has 0 aliphatic carbocycles. The Morgan fingerprint density at radius 1 is 1.03 bits per heavy atom. The van der Waals surface area contributed by atoms with Crippen LogP contribution in [-0.4, -0.2) is 41.2 Å². The van der Waals surface area contributed by atoms with E-state index in [0.717, 1.165) is 29.7 Å². The minimum Gasteiger partial charge on any atom is -0.464 e. The van der Waals surface area contributed by atoms with Crippen LogP contribution < -0.4 is 5.63 Å². The standard InChI is InChI=1S/C20H15N3O6/c1-27-19(25)15-16(20(26)28-2)23(22-21-15)10-13-9-12-8-7-11-5-3-4-6-14(11)17(12)29-18(13)24/h3-9H,10H2,1-2H3. The summed E-state index contributed by atoms with van der Waals surface area (Å²) in [6, 6.07) is 13.0. The molecule has 0 aliphatic rings. The van der Waals surface area contributed by atoms with Gasteiger partial charge in [0, 0.05) is 10.8 Å². The highest BCUT2D eigenvalue weighted by molar-refractivity contribution is 6.04. The molecule has 146 valence electrons. The highest BCUT2D eigenvalue weighted by Gasteiger charge is 2.27. The van der Waals surface area contributed by atoms with Gasteiger partial charge in [0.25, 0.3) is 0 Å². The van der Waals surface area contributed by atoms with Gasteiger partial charge in [0.1, 0.15) is 5.58 Å². The number of carbonyl (C=O) groups excluding carboxylic acids is 2. The summed E-state index contributed by atoms with van der Waals surface area (Å²) in [6.45, 7) is -0.139. The Bertz CT molecular complexity index is 1320. The van der Waals surface area contributed by atoms with E-state index in [9.17, 15) is 14.4 Å². The van der Waals surface area contributed by atoms with Crippen molar-refractivity contribution in [1.82, 2.24) is 15.0 Å². The van der Waals surface area contributed by atoms with Gasteiger partial charge in [-0.1, -0.05) is 41.6 Å². The van der Waals surface area contributed by atoms with E-state index in [1.54, 1.807) is 6.07 Å². The Morgan fingerprint density at radius 3 is 2.52 bits per heavy atom. The molecule has 2 aromatic carbocycles. The third-order valence-corrected chi connectivity index (χ3v) is 4.51. The lowest BCUT2D eigenvalue weighted by Gasteiger charge is -2.07. The third kappa shape index (κ3) is 3.12. The molecule has 2 aromatic heterocycles. The number of ether oxygens (including phenoxy) is 2. The topological polar surface area (TPSA) is 114 Å². The molecule has 29 heavy (non-hydrogen) atoms. The summed E-state index contributed by atoms with van der Waals surface area (Å²) in [5.74, 6) is -1.67. The maximum Gasteiger partial charge on any atom is 0.361 e. The molecule has 0 saturated carbocycles. The fourth-order valence-electron chi connectivity index (χ4n) is 3.12. The van der Waals surface area contributed by atoms with Crippen LogP contribution in [-0.2, 0) is 16.0 Å². The number of rotatable bonds is 4. The first kappa shape index (κ1) is 18.4. The summed E-state index contributed by atoms with van der Waals surface area (Å²) in [5.41, 5.74) is -0.384. The smallest absolute Gasteiger partial charge is 0.361 e. The second kappa shape index (κ2) is 7.19. The van der Waals surface area contributed by atoms with E-state index in [0.29, 0.717) is 11.0 Å². The van der Waals surface area contributed by atoms with E-state index >= 15 is 0 Å². The molecule has 4 aromatic rings. The molecule has 0 unspecified atom stereocenters. The second-order valence-corrected chi connectivity index (χ2v) is 6.19. The van der Waals surface area contributed by atoms with Gasteiger partial charge in [0.05, 0.1) is 26.3 Å². The Kier molecular flexibility index (Phi) is 4.55. The number of hydrogen-bond acceptors (Lipinski definition) is 8. The number of esters is 2. The van der Waals surface area contributed by atoms with Crippen molar-refractivity contribution in [2.45, 2.75) is 6.54 Å². The summed E-state index contributed by atoms with van der Waals surface area (Å²) >= 11 is 0. The molecule has 0 amide bonds. The molecule has 2 heterocycles. The Hall–Kier alpha value is -4.01. The van der Waals surface area contributed by atoms with Crippen LogP contribution in [0.15, 0.2) is 51.7 Å². The fraction of sp³-hybridized carbons (Fsp3) is 0.150. The normalized spacial score (nSPS) is 11.0. The molecule has 0 saturated heterocycles. The number of methoxy groups -OCH3 is 2. The van der Waals surface area contributed by atoms with E-state index in [1.807, 2.05) is 36.4 Å². The predicted molar refractivity (Wildman–Crippen MR) is 102 cm³/mol. The van der Waals surface area contributed by atoms with Crippen molar-refractivity contribution in [1.29, 1.82) is 0 Å². The molecule has 0 radical (unpaired) electrons. The maximum atomic E-state index is 12.6. The van der Waals surface area contributed by atoms with Crippen LogP contribution >= 0.6 is 0 Å². The number of fused-ring (bicyclic) bond motifs is 3. The number of aromatic nitrogens is 3. The molecule has 0 atom stereocenters. The molecular weight excluding hydrogens is 378 g/mol. The largest absolute Gasteiger partial charge is 0.464 e. The predicted octanol–water partition coefficient (Wildman–Crippen LogP) is 2.16. The molecule has 0 bridgehead atoms.